The Balaban J connectivity index is 1.92. The first-order valence-electron chi connectivity index (χ1n) is 7.46. The van der Waals surface area contributed by atoms with Crippen LogP contribution in [0, 0.1) is 0 Å². The van der Waals surface area contributed by atoms with Crippen molar-refractivity contribution in [1.82, 2.24) is 4.57 Å². The fraction of sp³-hybridized carbons (Fsp3) is 0.471. The Morgan fingerprint density at radius 2 is 1.89 bits per heavy atom. The Kier molecular flexibility index (Phi) is 5.20. The number of benzene rings is 1. The van der Waals surface area contributed by atoms with Gasteiger partial charge in [0, 0.05) is 6.42 Å². The van der Waals surface area contributed by atoms with Crippen LogP contribution in [0.1, 0.15) is 38.1 Å². The molecule has 0 spiro atoms. The second-order valence-electron chi connectivity index (χ2n) is 5.04. The molecule has 0 bridgehead atoms. The Bertz CT molecular complexity index is 485. The Hall–Kier alpha value is -1.57. The molecular formula is C17H25N2+. The molecular weight excluding hydrogens is 232 g/mol. The third-order valence-corrected chi connectivity index (χ3v) is 3.58. The predicted octanol–water partition coefficient (Wildman–Crippen LogP) is 3.38. The molecule has 1 aromatic carbocycles. The van der Waals surface area contributed by atoms with Gasteiger partial charge in [-0.2, -0.15) is 0 Å². The summed E-state index contributed by atoms with van der Waals surface area (Å²) >= 11 is 0. The van der Waals surface area contributed by atoms with Crippen LogP contribution in [0.5, 0.6) is 0 Å². The standard InChI is InChI=1S/C17H25N2/c1-3-12-18-14-15-19(17(18)4-2)13-8-11-16-9-6-5-7-10-16/h5-7,9-10,14-15H,3-4,8,11-13H2,1-2H3/q+1. The lowest BCUT2D eigenvalue weighted by Crippen LogP contribution is -2.37. The van der Waals surface area contributed by atoms with Crippen molar-refractivity contribution in [1.29, 1.82) is 0 Å². The number of imidazole rings is 1. The van der Waals surface area contributed by atoms with Gasteiger partial charge in [0.1, 0.15) is 12.4 Å². The zero-order valence-electron chi connectivity index (χ0n) is 12.2. The Morgan fingerprint density at radius 3 is 2.58 bits per heavy atom. The molecule has 0 aliphatic heterocycles. The minimum absolute atomic E-state index is 1.11. The van der Waals surface area contributed by atoms with E-state index in [1.54, 1.807) is 0 Å². The molecule has 0 N–H and O–H groups in total. The molecule has 2 aromatic rings. The molecule has 2 rings (SSSR count). The van der Waals surface area contributed by atoms with Crippen molar-refractivity contribution in [2.45, 2.75) is 52.6 Å². The summed E-state index contributed by atoms with van der Waals surface area (Å²) in [6, 6.07) is 10.8. The SMILES string of the molecule is CCCn1cc[n+](CCCc2ccccc2)c1CC. The third kappa shape index (κ3) is 3.69. The Morgan fingerprint density at radius 1 is 1.11 bits per heavy atom. The summed E-state index contributed by atoms with van der Waals surface area (Å²) in [4.78, 5) is 0. The normalized spacial score (nSPS) is 10.8. The molecule has 0 aliphatic rings. The number of aryl methyl sites for hydroxylation is 3. The highest BCUT2D eigenvalue weighted by Crippen LogP contribution is 2.04. The van der Waals surface area contributed by atoms with Gasteiger partial charge >= 0.3 is 0 Å². The average Bonchev–Trinajstić information content (AvgIpc) is 2.83. The van der Waals surface area contributed by atoms with Crippen molar-refractivity contribution in [2.75, 3.05) is 0 Å². The summed E-state index contributed by atoms with van der Waals surface area (Å²) in [5.74, 6) is 1.45. The summed E-state index contributed by atoms with van der Waals surface area (Å²) in [5, 5.41) is 0. The molecule has 0 amide bonds. The van der Waals surface area contributed by atoms with E-state index in [1.807, 2.05) is 0 Å². The van der Waals surface area contributed by atoms with Crippen LogP contribution in [0.4, 0.5) is 0 Å². The monoisotopic (exact) mass is 257 g/mol. The quantitative estimate of drug-likeness (QED) is 0.672. The van der Waals surface area contributed by atoms with E-state index < -0.39 is 0 Å². The van der Waals surface area contributed by atoms with E-state index in [0.717, 1.165) is 25.9 Å². The van der Waals surface area contributed by atoms with E-state index in [-0.39, 0.29) is 0 Å². The maximum atomic E-state index is 2.42. The number of hydrogen-bond acceptors (Lipinski definition) is 0. The molecule has 0 saturated heterocycles. The summed E-state index contributed by atoms with van der Waals surface area (Å²) in [6.45, 7) is 6.73. The number of hydrogen-bond donors (Lipinski definition) is 0. The van der Waals surface area contributed by atoms with Gasteiger partial charge in [0.25, 0.3) is 5.82 Å². The van der Waals surface area contributed by atoms with Crippen molar-refractivity contribution in [3.05, 3.63) is 54.1 Å². The summed E-state index contributed by atoms with van der Waals surface area (Å²) in [6.07, 6.45) is 9.14. The molecule has 2 heteroatoms. The zero-order valence-corrected chi connectivity index (χ0v) is 12.2. The largest absolute Gasteiger partial charge is 0.256 e. The second-order valence-corrected chi connectivity index (χ2v) is 5.04. The van der Waals surface area contributed by atoms with Gasteiger partial charge < -0.3 is 0 Å². The van der Waals surface area contributed by atoms with Crippen LogP contribution in [-0.2, 0) is 25.9 Å². The van der Waals surface area contributed by atoms with Gasteiger partial charge in [0.05, 0.1) is 13.1 Å². The average molecular weight is 257 g/mol. The zero-order chi connectivity index (χ0) is 13.5. The maximum absolute atomic E-state index is 2.42. The highest BCUT2D eigenvalue weighted by molar-refractivity contribution is 5.14. The molecule has 0 atom stereocenters. The first-order chi connectivity index (χ1) is 9.35. The lowest BCUT2D eigenvalue weighted by molar-refractivity contribution is -0.704. The number of aromatic nitrogens is 2. The molecule has 102 valence electrons. The van der Waals surface area contributed by atoms with Crippen LogP contribution in [-0.4, -0.2) is 4.57 Å². The van der Waals surface area contributed by atoms with Crippen molar-refractivity contribution in [3.8, 4) is 0 Å². The van der Waals surface area contributed by atoms with Crippen LogP contribution in [0.25, 0.3) is 0 Å². The lowest BCUT2D eigenvalue weighted by atomic mass is 10.1. The van der Waals surface area contributed by atoms with Gasteiger partial charge in [-0.15, -0.1) is 0 Å². The maximum Gasteiger partial charge on any atom is 0.256 e. The van der Waals surface area contributed by atoms with Gasteiger partial charge in [-0.1, -0.05) is 44.2 Å². The van der Waals surface area contributed by atoms with Crippen molar-refractivity contribution < 1.29 is 4.57 Å². The molecule has 0 fully saturated rings. The lowest BCUT2D eigenvalue weighted by Gasteiger charge is -2.03. The number of nitrogens with zero attached hydrogens (tertiary/aromatic N) is 2. The van der Waals surface area contributed by atoms with Crippen LogP contribution in [0.3, 0.4) is 0 Å². The second kappa shape index (κ2) is 7.13. The van der Waals surface area contributed by atoms with Crippen molar-refractivity contribution >= 4 is 0 Å². The highest BCUT2D eigenvalue weighted by atomic mass is 15.1. The predicted molar refractivity (Wildman–Crippen MR) is 79.1 cm³/mol. The summed E-state index contributed by atoms with van der Waals surface area (Å²) < 4.78 is 4.81. The third-order valence-electron chi connectivity index (χ3n) is 3.58. The van der Waals surface area contributed by atoms with E-state index in [9.17, 15) is 0 Å². The first-order valence-corrected chi connectivity index (χ1v) is 7.46. The minimum atomic E-state index is 1.11. The van der Waals surface area contributed by atoms with Gasteiger partial charge in [0.15, 0.2) is 0 Å². The van der Waals surface area contributed by atoms with Crippen LogP contribution in [0.15, 0.2) is 42.7 Å². The van der Waals surface area contributed by atoms with E-state index in [0.29, 0.717) is 0 Å². The van der Waals surface area contributed by atoms with Crippen LogP contribution >= 0.6 is 0 Å². The number of rotatable bonds is 7. The van der Waals surface area contributed by atoms with Gasteiger partial charge in [0.2, 0.25) is 0 Å². The van der Waals surface area contributed by atoms with Gasteiger partial charge in [-0.3, -0.25) is 0 Å². The molecule has 0 aliphatic carbocycles. The molecule has 1 heterocycles. The van der Waals surface area contributed by atoms with E-state index in [2.05, 4.69) is 65.7 Å². The van der Waals surface area contributed by atoms with Crippen molar-refractivity contribution in [3.63, 3.8) is 0 Å². The molecule has 1 aromatic heterocycles. The molecule has 2 nitrogen and oxygen atoms in total. The fourth-order valence-electron chi connectivity index (χ4n) is 2.65. The van der Waals surface area contributed by atoms with Crippen molar-refractivity contribution in [2.24, 2.45) is 0 Å². The van der Waals surface area contributed by atoms with E-state index >= 15 is 0 Å². The van der Waals surface area contributed by atoms with Crippen LogP contribution in [0.2, 0.25) is 0 Å². The highest BCUT2D eigenvalue weighted by Gasteiger charge is 2.13. The van der Waals surface area contributed by atoms with E-state index in [1.165, 1.54) is 24.2 Å². The molecule has 0 unspecified atom stereocenters. The first kappa shape index (κ1) is 13.9. The molecule has 0 radical (unpaired) electrons. The smallest absolute Gasteiger partial charge is 0.234 e. The summed E-state index contributed by atoms with van der Waals surface area (Å²) in [5.41, 5.74) is 1.44. The van der Waals surface area contributed by atoms with Gasteiger partial charge in [-0.05, 0) is 24.8 Å². The van der Waals surface area contributed by atoms with Gasteiger partial charge in [-0.25, -0.2) is 9.13 Å². The molecule has 19 heavy (non-hydrogen) atoms. The van der Waals surface area contributed by atoms with Crippen LogP contribution < -0.4 is 4.57 Å². The fourth-order valence-corrected chi connectivity index (χ4v) is 2.65. The molecule has 0 saturated carbocycles. The topological polar surface area (TPSA) is 8.81 Å². The minimum Gasteiger partial charge on any atom is -0.234 e. The Labute approximate surface area is 116 Å². The van der Waals surface area contributed by atoms with E-state index in [4.69, 9.17) is 0 Å². The summed E-state index contributed by atoms with van der Waals surface area (Å²) in [7, 11) is 0.